The van der Waals surface area contributed by atoms with Crippen LogP contribution in [-0.4, -0.2) is 9.38 Å². The second kappa shape index (κ2) is 5.81. The molecule has 0 fully saturated rings. The molecule has 2 heterocycles. The molecule has 4 aromatic rings. The van der Waals surface area contributed by atoms with Crippen molar-refractivity contribution in [1.29, 1.82) is 0 Å². The van der Waals surface area contributed by atoms with Gasteiger partial charge in [-0.05, 0) is 50.2 Å². The predicted molar refractivity (Wildman–Crippen MR) is 95.5 cm³/mol. The fraction of sp³-hybridized carbons (Fsp3) is 0.0952. The molecule has 0 unspecified atom stereocenters. The van der Waals surface area contributed by atoms with E-state index in [1.807, 2.05) is 54.8 Å². The van der Waals surface area contributed by atoms with Crippen LogP contribution >= 0.6 is 0 Å². The quantitative estimate of drug-likeness (QED) is 0.469. The van der Waals surface area contributed by atoms with Crippen LogP contribution in [-0.2, 0) is 0 Å². The van der Waals surface area contributed by atoms with Gasteiger partial charge < -0.3 is 0 Å². The summed E-state index contributed by atoms with van der Waals surface area (Å²) < 4.78 is 29.7. The van der Waals surface area contributed by atoms with Gasteiger partial charge in [-0.3, -0.25) is 4.40 Å². The molecular formula is C21H16F2N2. The Morgan fingerprint density at radius 3 is 2.36 bits per heavy atom. The van der Waals surface area contributed by atoms with Gasteiger partial charge in [-0.1, -0.05) is 23.3 Å². The second-order valence-electron chi connectivity index (χ2n) is 6.24. The third kappa shape index (κ3) is 2.70. The number of pyridine rings is 1. The number of halogens is 2. The van der Waals surface area contributed by atoms with Crippen molar-refractivity contribution in [2.45, 2.75) is 13.8 Å². The topological polar surface area (TPSA) is 17.3 Å². The van der Waals surface area contributed by atoms with Gasteiger partial charge in [-0.2, -0.15) is 0 Å². The van der Waals surface area contributed by atoms with Crippen LogP contribution in [0.2, 0.25) is 0 Å². The van der Waals surface area contributed by atoms with Crippen molar-refractivity contribution in [2.24, 2.45) is 0 Å². The molecule has 2 aromatic heterocycles. The third-order valence-corrected chi connectivity index (χ3v) is 4.21. The first-order valence-corrected chi connectivity index (χ1v) is 8.04. The van der Waals surface area contributed by atoms with Gasteiger partial charge in [0.05, 0.1) is 5.69 Å². The lowest BCUT2D eigenvalue weighted by molar-refractivity contribution is 0.585. The number of imidazole rings is 1. The predicted octanol–water partition coefficient (Wildman–Crippen LogP) is 5.56. The minimum atomic E-state index is -0.617. The summed E-state index contributed by atoms with van der Waals surface area (Å²) in [6, 6.07) is 15.5. The lowest BCUT2D eigenvalue weighted by atomic mass is 10.0. The van der Waals surface area contributed by atoms with Gasteiger partial charge in [0, 0.05) is 23.4 Å². The van der Waals surface area contributed by atoms with Crippen LogP contribution in [0.25, 0.3) is 28.2 Å². The number of rotatable bonds is 2. The van der Waals surface area contributed by atoms with Crippen LogP contribution in [0.4, 0.5) is 8.78 Å². The van der Waals surface area contributed by atoms with E-state index in [0.717, 1.165) is 34.1 Å². The highest BCUT2D eigenvalue weighted by atomic mass is 19.1. The van der Waals surface area contributed by atoms with Crippen molar-refractivity contribution in [3.8, 4) is 22.5 Å². The lowest BCUT2D eigenvalue weighted by Crippen LogP contribution is -1.93. The van der Waals surface area contributed by atoms with Gasteiger partial charge in [0.2, 0.25) is 0 Å². The molecule has 0 aliphatic rings. The zero-order valence-corrected chi connectivity index (χ0v) is 13.9. The van der Waals surface area contributed by atoms with Crippen molar-refractivity contribution in [1.82, 2.24) is 9.38 Å². The summed E-state index contributed by atoms with van der Waals surface area (Å²) in [5, 5.41) is 0. The molecule has 2 nitrogen and oxygen atoms in total. The Balaban J connectivity index is 2.08. The Hall–Kier alpha value is -3.01. The van der Waals surface area contributed by atoms with E-state index in [1.165, 1.54) is 12.1 Å². The highest BCUT2D eigenvalue weighted by molar-refractivity contribution is 5.82. The molecule has 4 heteroatoms. The van der Waals surface area contributed by atoms with Gasteiger partial charge in [0.15, 0.2) is 0 Å². The number of benzene rings is 2. The highest BCUT2D eigenvalue weighted by Gasteiger charge is 2.19. The van der Waals surface area contributed by atoms with E-state index < -0.39 is 11.6 Å². The molecule has 0 atom stereocenters. The molecule has 0 spiro atoms. The molecule has 0 saturated heterocycles. The Morgan fingerprint density at radius 2 is 1.64 bits per heavy atom. The number of hydrogen-bond acceptors (Lipinski definition) is 1. The smallest absolute Gasteiger partial charge is 0.137 e. The first-order chi connectivity index (χ1) is 12.0. The number of hydrogen-bond donors (Lipinski definition) is 0. The molecule has 0 radical (unpaired) electrons. The van der Waals surface area contributed by atoms with E-state index in [9.17, 15) is 8.78 Å². The summed E-state index contributed by atoms with van der Waals surface area (Å²) in [6.07, 6.45) is 1.90. The first kappa shape index (κ1) is 15.5. The zero-order chi connectivity index (χ0) is 17.6. The average molecular weight is 334 g/mol. The molecule has 0 N–H and O–H groups in total. The fourth-order valence-electron chi connectivity index (χ4n) is 3.25. The monoisotopic (exact) mass is 334 g/mol. The van der Waals surface area contributed by atoms with Crippen molar-refractivity contribution >= 4 is 5.65 Å². The van der Waals surface area contributed by atoms with Crippen molar-refractivity contribution < 1.29 is 8.78 Å². The number of aromatic nitrogens is 2. The Morgan fingerprint density at radius 1 is 0.880 bits per heavy atom. The standard InChI is InChI=1S/C21H16F2N2/c1-13-9-14(2)11-15(10-13)21-20(17-7-6-16(22)12-18(17)23)24-19-5-3-4-8-25(19)21/h3-12H,1-2H3. The van der Waals surface area contributed by atoms with Crippen LogP contribution in [0, 0.1) is 25.5 Å². The summed E-state index contributed by atoms with van der Waals surface area (Å²) in [7, 11) is 0. The first-order valence-electron chi connectivity index (χ1n) is 8.04. The SMILES string of the molecule is Cc1cc(C)cc(-c2c(-c3ccc(F)cc3F)nc3ccccn23)c1. The summed E-state index contributed by atoms with van der Waals surface area (Å²) in [6.45, 7) is 4.05. The number of aryl methyl sites for hydroxylation is 2. The molecule has 0 aliphatic carbocycles. The molecule has 124 valence electrons. The highest BCUT2D eigenvalue weighted by Crippen LogP contribution is 2.35. The lowest BCUT2D eigenvalue weighted by Gasteiger charge is -2.09. The molecule has 4 rings (SSSR count). The van der Waals surface area contributed by atoms with E-state index in [-0.39, 0.29) is 0 Å². The van der Waals surface area contributed by atoms with Crippen LogP contribution < -0.4 is 0 Å². The third-order valence-electron chi connectivity index (χ3n) is 4.21. The van der Waals surface area contributed by atoms with Crippen molar-refractivity contribution in [2.75, 3.05) is 0 Å². The summed E-state index contributed by atoms with van der Waals surface area (Å²) >= 11 is 0. The molecule has 0 amide bonds. The molecular weight excluding hydrogens is 318 g/mol. The van der Waals surface area contributed by atoms with Crippen LogP contribution in [0.1, 0.15) is 11.1 Å². The zero-order valence-electron chi connectivity index (χ0n) is 13.9. The van der Waals surface area contributed by atoms with Crippen LogP contribution in [0.15, 0.2) is 60.8 Å². The molecule has 0 saturated carbocycles. The van der Waals surface area contributed by atoms with E-state index in [2.05, 4.69) is 11.1 Å². The van der Waals surface area contributed by atoms with Gasteiger partial charge in [0.25, 0.3) is 0 Å². The Kier molecular flexibility index (Phi) is 3.61. The molecule has 0 bridgehead atoms. The van der Waals surface area contributed by atoms with Gasteiger partial charge in [-0.15, -0.1) is 0 Å². The van der Waals surface area contributed by atoms with Gasteiger partial charge in [-0.25, -0.2) is 13.8 Å². The minimum absolute atomic E-state index is 0.291. The van der Waals surface area contributed by atoms with E-state index >= 15 is 0 Å². The maximum absolute atomic E-state index is 14.4. The summed E-state index contributed by atoms with van der Waals surface area (Å²) in [4.78, 5) is 4.61. The Bertz CT molecular complexity index is 1080. The van der Waals surface area contributed by atoms with E-state index in [0.29, 0.717) is 11.3 Å². The van der Waals surface area contributed by atoms with E-state index in [1.54, 1.807) is 0 Å². The maximum Gasteiger partial charge on any atom is 0.137 e. The number of fused-ring (bicyclic) bond motifs is 1. The van der Waals surface area contributed by atoms with Gasteiger partial charge in [0.1, 0.15) is 23.0 Å². The maximum atomic E-state index is 14.4. The minimum Gasteiger partial charge on any atom is -0.299 e. The van der Waals surface area contributed by atoms with E-state index in [4.69, 9.17) is 0 Å². The normalized spacial score (nSPS) is 11.2. The fourth-order valence-corrected chi connectivity index (χ4v) is 3.25. The van der Waals surface area contributed by atoms with Crippen LogP contribution in [0.5, 0.6) is 0 Å². The Labute approximate surface area is 144 Å². The molecule has 2 aromatic carbocycles. The summed E-state index contributed by atoms with van der Waals surface area (Å²) in [5.41, 5.74) is 5.50. The van der Waals surface area contributed by atoms with Crippen molar-refractivity contribution in [3.63, 3.8) is 0 Å². The average Bonchev–Trinajstić information content (AvgIpc) is 2.93. The largest absolute Gasteiger partial charge is 0.299 e. The summed E-state index contributed by atoms with van der Waals surface area (Å²) in [5.74, 6) is -1.22. The second-order valence-corrected chi connectivity index (χ2v) is 6.24. The molecule has 0 aliphatic heterocycles. The van der Waals surface area contributed by atoms with Crippen molar-refractivity contribution in [3.05, 3.63) is 83.6 Å². The van der Waals surface area contributed by atoms with Crippen LogP contribution in [0.3, 0.4) is 0 Å². The number of nitrogens with zero attached hydrogens (tertiary/aromatic N) is 2. The molecule has 25 heavy (non-hydrogen) atoms. The van der Waals surface area contributed by atoms with Gasteiger partial charge >= 0.3 is 0 Å².